The Kier molecular flexibility index (Phi) is 2.77. The largest absolute Gasteiger partial charge is 0.399 e. The number of sulfone groups is 1. The van der Waals surface area contributed by atoms with Crippen molar-refractivity contribution in [3.8, 4) is 6.07 Å². The molecule has 0 aliphatic rings. The average Bonchev–Trinajstić information content (AvgIpc) is 2.16. The van der Waals surface area contributed by atoms with Gasteiger partial charge in [-0.1, -0.05) is 6.92 Å². The summed E-state index contributed by atoms with van der Waals surface area (Å²) in [6.45, 7) is 1.55. The molecule has 0 fully saturated rings. The predicted octanol–water partition coefficient (Wildman–Crippen LogP) is 0.934. The molecule has 74 valence electrons. The van der Waals surface area contributed by atoms with Gasteiger partial charge in [-0.05, 0) is 18.2 Å². The second-order valence-corrected chi connectivity index (χ2v) is 5.08. The third-order valence-electron chi connectivity index (χ3n) is 1.80. The van der Waals surface area contributed by atoms with E-state index in [1.54, 1.807) is 6.92 Å². The van der Waals surface area contributed by atoms with Crippen molar-refractivity contribution in [2.45, 2.75) is 11.8 Å². The summed E-state index contributed by atoms with van der Waals surface area (Å²) in [4.78, 5) is 0.108. The molecule has 14 heavy (non-hydrogen) atoms. The zero-order valence-electron chi connectivity index (χ0n) is 7.69. The lowest BCUT2D eigenvalue weighted by molar-refractivity contribution is 0.597. The lowest BCUT2D eigenvalue weighted by Crippen LogP contribution is -2.04. The van der Waals surface area contributed by atoms with Crippen LogP contribution in [-0.2, 0) is 9.84 Å². The molecule has 1 rings (SSSR count). The molecule has 4 nitrogen and oxygen atoms in total. The maximum absolute atomic E-state index is 11.5. The highest BCUT2D eigenvalue weighted by Crippen LogP contribution is 2.17. The van der Waals surface area contributed by atoms with Gasteiger partial charge in [0.1, 0.15) is 0 Å². The monoisotopic (exact) mass is 210 g/mol. The summed E-state index contributed by atoms with van der Waals surface area (Å²) in [5, 5.41) is 8.62. The third kappa shape index (κ3) is 2.03. The number of anilines is 1. The fourth-order valence-electron chi connectivity index (χ4n) is 1.03. The van der Waals surface area contributed by atoms with E-state index in [1.807, 2.05) is 6.07 Å². The molecule has 0 unspecified atom stereocenters. The van der Waals surface area contributed by atoms with E-state index in [4.69, 9.17) is 11.0 Å². The Morgan fingerprint density at radius 2 is 2.07 bits per heavy atom. The third-order valence-corrected chi connectivity index (χ3v) is 3.51. The van der Waals surface area contributed by atoms with Gasteiger partial charge < -0.3 is 5.73 Å². The Morgan fingerprint density at radius 3 is 2.57 bits per heavy atom. The molecule has 0 spiro atoms. The van der Waals surface area contributed by atoms with E-state index in [9.17, 15) is 8.42 Å². The molecule has 0 aromatic heterocycles. The molecule has 5 heteroatoms. The summed E-state index contributed by atoms with van der Waals surface area (Å²) in [7, 11) is -3.28. The first-order valence-electron chi connectivity index (χ1n) is 4.03. The molecule has 0 aliphatic carbocycles. The highest BCUT2D eigenvalue weighted by molar-refractivity contribution is 7.91. The molecule has 1 aromatic carbocycles. The summed E-state index contributed by atoms with van der Waals surface area (Å²) >= 11 is 0. The molecule has 0 saturated heterocycles. The molecule has 0 heterocycles. The molecular weight excluding hydrogens is 200 g/mol. The number of hydrogen-bond acceptors (Lipinski definition) is 4. The van der Waals surface area contributed by atoms with Crippen LogP contribution in [0.1, 0.15) is 12.5 Å². The van der Waals surface area contributed by atoms with Gasteiger partial charge in [-0.15, -0.1) is 0 Å². The first kappa shape index (κ1) is 10.5. The van der Waals surface area contributed by atoms with Gasteiger partial charge in [0.05, 0.1) is 22.3 Å². The number of hydrogen-bond donors (Lipinski definition) is 1. The fourth-order valence-corrected chi connectivity index (χ4v) is 1.99. The first-order valence-corrected chi connectivity index (χ1v) is 5.68. The summed E-state index contributed by atoms with van der Waals surface area (Å²) < 4.78 is 22.9. The van der Waals surface area contributed by atoms with Gasteiger partial charge in [-0.3, -0.25) is 0 Å². The van der Waals surface area contributed by atoms with Crippen LogP contribution in [0.15, 0.2) is 23.1 Å². The van der Waals surface area contributed by atoms with Crippen molar-refractivity contribution >= 4 is 15.5 Å². The van der Waals surface area contributed by atoms with Gasteiger partial charge in [0.15, 0.2) is 9.84 Å². The molecule has 0 amide bonds. The Balaban J connectivity index is 3.39. The van der Waals surface area contributed by atoms with Crippen LogP contribution >= 0.6 is 0 Å². The number of nitriles is 1. The second kappa shape index (κ2) is 3.68. The van der Waals surface area contributed by atoms with Gasteiger partial charge in [-0.2, -0.15) is 5.26 Å². The van der Waals surface area contributed by atoms with Crippen molar-refractivity contribution in [3.05, 3.63) is 23.8 Å². The van der Waals surface area contributed by atoms with Crippen LogP contribution in [0.5, 0.6) is 0 Å². The minimum absolute atomic E-state index is 0.00131. The highest BCUT2D eigenvalue weighted by Gasteiger charge is 2.12. The molecule has 1 aromatic rings. The second-order valence-electron chi connectivity index (χ2n) is 2.81. The van der Waals surface area contributed by atoms with Gasteiger partial charge >= 0.3 is 0 Å². The number of rotatable bonds is 2. The number of nitrogens with zero attached hydrogens (tertiary/aromatic N) is 1. The minimum Gasteiger partial charge on any atom is -0.399 e. The lowest BCUT2D eigenvalue weighted by atomic mass is 10.2. The van der Waals surface area contributed by atoms with Gasteiger partial charge in [-0.25, -0.2) is 8.42 Å². The molecular formula is C9H10N2O2S. The summed E-state index contributed by atoms with van der Waals surface area (Å²) in [5.74, 6) is 0.00131. The quantitative estimate of drug-likeness (QED) is 0.736. The van der Waals surface area contributed by atoms with E-state index < -0.39 is 9.84 Å². The SMILES string of the molecule is CCS(=O)(=O)c1cc(N)cc(C#N)c1. The fraction of sp³-hybridized carbons (Fsp3) is 0.222. The van der Waals surface area contributed by atoms with Crippen LogP contribution in [0.4, 0.5) is 5.69 Å². The minimum atomic E-state index is -3.28. The van der Waals surface area contributed by atoms with Crippen LogP contribution in [0.25, 0.3) is 0 Å². The van der Waals surface area contributed by atoms with Crippen molar-refractivity contribution < 1.29 is 8.42 Å². The van der Waals surface area contributed by atoms with Gasteiger partial charge in [0.25, 0.3) is 0 Å². The topological polar surface area (TPSA) is 83.9 Å². The standard InChI is InChI=1S/C9H10N2O2S/c1-2-14(12,13)9-4-7(6-10)3-8(11)5-9/h3-5H,2,11H2,1H3. The molecule has 0 bridgehead atoms. The first-order chi connectivity index (χ1) is 6.49. The van der Waals surface area contributed by atoms with E-state index in [0.29, 0.717) is 0 Å². The van der Waals surface area contributed by atoms with Crippen LogP contribution in [-0.4, -0.2) is 14.2 Å². The van der Waals surface area contributed by atoms with Gasteiger partial charge in [0, 0.05) is 5.69 Å². The van der Waals surface area contributed by atoms with E-state index in [0.717, 1.165) is 0 Å². The molecule has 0 saturated carbocycles. The summed E-state index contributed by atoms with van der Waals surface area (Å²) in [6, 6.07) is 5.99. The Labute approximate surface area is 82.9 Å². The zero-order valence-corrected chi connectivity index (χ0v) is 8.50. The molecule has 0 atom stereocenters. The number of benzene rings is 1. The Morgan fingerprint density at radius 1 is 1.43 bits per heavy atom. The normalized spacial score (nSPS) is 10.9. The molecule has 2 N–H and O–H groups in total. The van der Waals surface area contributed by atoms with Crippen molar-refractivity contribution in [1.29, 1.82) is 5.26 Å². The van der Waals surface area contributed by atoms with E-state index in [1.165, 1.54) is 18.2 Å². The van der Waals surface area contributed by atoms with Crippen LogP contribution in [0.3, 0.4) is 0 Å². The van der Waals surface area contributed by atoms with Crippen molar-refractivity contribution in [3.63, 3.8) is 0 Å². The maximum Gasteiger partial charge on any atom is 0.178 e. The average molecular weight is 210 g/mol. The number of nitrogens with two attached hydrogens (primary N) is 1. The predicted molar refractivity (Wildman–Crippen MR) is 53.3 cm³/mol. The Hall–Kier alpha value is -1.54. The zero-order chi connectivity index (χ0) is 10.8. The highest BCUT2D eigenvalue weighted by atomic mass is 32.2. The summed E-state index contributed by atoms with van der Waals surface area (Å²) in [5.41, 5.74) is 6.02. The van der Waals surface area contributed by atoms with Gasteiger partial charge in [0.2, 0.25) is 0 Å². The summed E-state index contributed by atoms with van der Waals surface area (Å²) in [6.07, 6.45) is 0. The van der Waals surface area contributed by atoms with Crippen molar-refractivity contribution in [2.75, 3.05) is 11.5 Å². The van der Waals surface area contributed by atoms with E-state index in [-0.39, 0.29) is 21.9 Å². The number of nitrogen functional groups attached to an aromatic ring is 1. The molecule has 0 aliphatic heterocycles. The lowest BCUT2D eigenvalue weighted by Gasteiger charge is -2.02. The van der Waals surface area contributed by atoms with Crippen LogP contribution < -0.4 is 5.73 Å². The van der Waals surface area contributed by atoms with Crippen molar-refractivity contribution in [2.24, 2.45) is 0 Å². The Bertz CT molecular complexity index is 486. The van der Waals surface area contributed by atoms with E-state index in [2.05, 4.69) is 0 Å². The van der Waals surface area contributed by atoms with E-state index >= 15 is 0 Å². The van der Waals surface area contributed by atoms with Crippen LogP contribution in [0, 0.1) is 11.3 Å². The smallest absolute Gasteiger partial charge is 0.178 e. The van der Waals surface area contributed by atoms with Crippen LogP contribution in [0.2, 0.25) is 0 Å². The maximum atomic E-state index is 11.5. The van der Waals surface area contributed by atoms with Crippen molar-refractivity contribution in [1.82, 2.24) is 0 Å². The molecule has 0 radical (unpaired) electrons.